The number of nitrogens with one attached hydrogen (secondary N) is 1. The van der Waals surface area contributed by atoms with Crippen LogP contribution in [0.1, 0.15) is 28.6 Å². The molecule has 3 aromatic carbocycles. The topological polar surface area (TPSA) is 82.3 Å². The second kappa shape index (κ2) is 11.3. The molecule has 1 amide bonds. The number of rotatable bonds is 9. The second-order valence-corrected chi connectivity index (χ2v) is 8.59. The van der Waals surface area contributed by atoms with Crippen LogP contribution in [0, 0.1) is 0 Å². The zero-order valence-electron chi connectivity index (χ0n) is 19.0. The molecular formula is C26H22BrClN2O5. The number of benzene rings is 3. The molecule has 0 fully saturated rings. The van der Waals surface area contributed by atoms with Gasteiger partial charge in [-0.05, 0) is 58.7 Å². The predicted molar refractivity (Wildman–Crippen MR) is 139 cm³/mol. The fourth-order valence-electron chi connectivity index (χ4n) is 3.36. The summed E-state index contributed by atoms with van der Waals surface area (Å²) in [6, 6.07) is 18.1. The van der Waals surface area contributed by atoms with Gasteiger partial charge < -0.3 is 18.6 Å². The maximum Gasteiger partial charge on any atom is 0.307 e. The van der Waals surface area contributed by atoms with E-state index in [1.807, 2.05) is 49.4 Å². The number of hydrogen-bond acceptors (Lipinski definition) is 6. The molecular weight excluding hydrogens is 536 g/mol. The first-order valence-corrected chi connectivity index (χ1v) is 11.9. The Morgan fingerprint density at radius 1 is 1.11 bits per heavy atom. The molecule has 180 valence electrons. The number of carbonyl (C=O) groups excluding carboxylic acids is 1. The van der Waals surface area contributed by atoms with Crippen LogP contribution in [0.4, 0.5) is 0 Å². The van der Waals surface area contributed by atoms with Crippen LogP contribution in [0.5, 0.6) is 17.2 Å². The highest BCUT2D eigenvalue weighted by Gasteiger charge is 2.15. The van der Waals surface area contributed by atoms with Crippen LogP contribution in [0.2, 0.25) is 5.02 Å². The van der Waals surface area contributed by atoms with Crippen LogP contribution >= 0.6 is 27.5 Å². The van der Waals surface area contributed by atoms with Gasteiger partial charge in [0, 0.05) is 16.0 Å². The van der Waals surface area contributed by atoms with Crippen LogP contribution in [-0.4, -0.2) is 25.8 Å². The minimum Gasteiger partial charge on any atom is -0.493 e. The number of hydrazone groups is 1. The van der Waals surface area contributed by atoms with Crippen LogP contribution in [-0.2, 0) is 6.61 Å². The molecule has 0 atom stereocenters. The average molecular weight is 558 g/mol. The van der Waals surface area contributed by atoms with E-state index >= 15 is 0 Å². The number of methoxy groups -OCH3 is 1. The molecule has 9 heteroatoms. The number of fused-ring (bicyclic) bond motifs is 1. The normalized spacial score (nSPS) is 11.1. The summed E-state index contributed by atoms with van der Waals surface area (Å²) in [5, 5.41) is 5.45. The van der Waals surface area contributed by atoms with E-state index in [-0.39, 0.29) is 12.4 Å². The first-order chi connectivity index (χ1) is 17.0. The molecule has 0 saturated heterocycles. The van der Waals surface area contributed by atoms with Gasteiger partial charge in [-0.15, -0.1) is 0 Å². The van der Waals surface area contributed by atoms with Crippen molar-refractivity contribution in [3.63, 3.8) is 0 Å². The Balaban J connectivity index is 1.48. The quantitative estimate of drug-likeness (QED) is 0.185. The molecule has 0 bridgehead atoms. The minimum atomic E-state index is -0.483. The van der Waals surface area contributed by atoms with Crippen molar-refractivity contribution in [2.45, 2.75) is 13.5 Å². The largest absolute Gasteiger partial charge is 0.493 e. The molecule has 7 nitrogen and oxygen atoms in total. The Morgan fingerprint density at radius 3 is 2.71 bits per heavy atom. The first kappa shape index (κ1) is 24.6. The summed E-state index contributed by atoms with van der Waals surface area (Å²) in [6.45, 7) is 2.61. The maximum atomic E-state index is 12.5. The summed E-state index contributed by atoms with van der Waals surface area (Å²) in [5.41, 5.74) is 4.53. The third-order valence-electron chi connectivity index (χ3n) is 4.99. The van der Waals surface area contributed by atoms with Gasteiger partial charge in [0.25, 0.3) is 0 Å². The second-order valence-electron chi connectivity index (χ2n) is 7.33. The Morgan fingerprint density at radius 2 is 1.94 bits per heavy atom. The van der Waals surface area contributed by atoms with Gasteiger partial charge >= 0.3 is 5.91 Å². The summed E-state index contributed by atoms with van der Waals surface area (Å²) in [5.74, 6) is 1.27. The lowest BCUT2D eigenvalue weighted by molar-refractivity contribution is 0.0929. The number of halogens is 2. The number of hydrogen-bond donors (Lipinski definition) is 1. The standard InChI is InChI=1S/C26H22BrClN2O5/c1-3-33-22-12-16(11-19(27)25(22)34-15-18-7-4-5-9-20(18)28)14-29-30-26(31)23-13-17-8-6-10-21(32-2)24(17)35-23/h4-14H,3,15H2,1-2H3,(H,30,31)/b29-14-. The minimum absolute atomic E-state index is 0.126. The Hall–Kier alpha value is -3.49. The van der Waals surface area contributed by atoms with E-state index in [9.17, 15) is 4.79 Å². The van der Waals surface area contributed by atoms with Crippen molar-refractivity contribution in [2.24, 2.45) is 5.10 Å². The molecule has 35 heavy (non-hydrogen) atoms. The lowest BCUT2D eigenvalue weighted by Gasteiger charge is -2.15. The summed E-state index contributed by atoms with van der Waals surface area (Å²) >= 11 is 9.77. The van der Waals surface area contributed by atoms with Gasteiger partial charge in [-0.25, -0.2) is 5.43 Å². The zero-order chi connectivity index (χ0) is 24.8. The van der Waals surface area contributed by atoms with Gasteiger partial charge in [0.05, 0.1) is 24.4 Å². The molecule has 4 aromatic rings. The first-order valence-electron chi connectivity index (χ1n) is 10.7. The molecule has 0 spiro atoms. The van der Waals surface area contributed by atoms with Gasteiger partial charge in [0.15, 0.2) is 28.6 Å². The molecule has 0 unspecified atom stereocenters. The highest BCUT2D eigenvalue weighted by atomic mass is 79.9. The lowest BCUT2D eigenvalue weighted by atomic mass is 10.2. The van der Waals surface area contributed by atoms with Gasteiger partial charge in [-0.3, -0.25) is 4.79 Å². The number of carbonyl (C=O) groups is 1. The summed E-state index contributed by atoms with van der Waals surface area (Å²) in [4.78, 5) is 12.5. The molecule has 1 aromatic heterocycles. The van der Waals surface area contributed by atoms with Crippen molar-refractivity contribution in [3.8, 4) is 17.2 Å². The van der Waals surface area contributed by atoms with E-state index < -0.39 is 5.91 Å². The average Bonchev–Trinajstić information content (AvgIpc) is 3.29. The van der Waals surface area contributed by atoms with Crippen molar-refractivity contribution in [1.82, 2.24) is 5.43 Å². The number of para-hydroxylation sites is 1. The Bertz CT molecular complexity index is 1390. The summed E-state index contributed by atoms with van der Waals surface area (Å²) < 4.78 is 23.4. The third kappa shape index (κ3) is 5.78. The van der Waals surface area contributed by atoms with Crippen LogP contribution in [0.3, 0.4) is 0 Å². The highest BCUT2D eigenvalue weighted by molar-refractivity contribution is 9.10. The number of amides is 1. The molecule has 1 heterocycles. The fourth-order valence-corrected chi connectivity index (χ4v) is 4.12. The van der Waals surface area contributed by atoms with Crippen molar-refractivity contribution in [3.05, 3.63) is 87.0 Å². The Labute approximate surface area is 215 Å². The van der Waals surface area contributed by atoms with Gasteiger partial charge in [0.2, 0.25) is 0 Å². The zero-order valence-corrected chi connectivity index (χ0v) is 21.4. The van der Waals surface area contributed by atoms with Crippen LogP contribution < -0.4 is 19.6 Å². The van der Waals surface area contributed by atoms with E-state index in [2.05, 4.69) is 26.5 Å². The predicted octanol–water partition coefficient (Wildman–Crippen LogP) is 6.60. The van der Waals surface area contributed by atoms with E-state index in [0.29, 0.717) is 44.5 Å². The fraction of sp³-hybridized carbons (Fsp3) is 0.154. The van der Waals surface area contributed by atoms with E-state index in [1.165, 1.54) is 6.21 Å². The SMILES string of the molecule is CCOc1cc(/C=N\NC(=O)c2cc3cccc(OC)c3o2)cc(Br)c1OCc1ccccc1Cl. The third-order valence-corrected chi connectivity index (χ3v) is 5.95. The van der Waals surface area contributed by atoms with Crippen molar-refractivity contribution < 1.29 is 23.4 Å². The Kier molecular flexibility index (Phi) is 7.94. The van der Waals surface area contributed by atoms with Gasteiger partial charge in [-0.2, -0.15) is 5.10 Å². The molecule has 0 aliphatic carbocycles. The lowest BCUT2D eigenvalue weighted by Crippen LogP contribution is -2.16. The highest BCUT2D eigenvalue weighted by Crippen LogP contribution is 2.37. The van der Waals surface area contributed by atoms with Crippen LogP contribution in [0.15, 0.2) is 74.7 Å². The maximum absolute atomic E-state index is 12.5. The van der Waals surface area contributed by atoms with Crippen LogP contribution in [0.25, 0.3) is 11.0 Å². The van der Waals surface area contributed by atoms with Gasteiger partial charge in [0.1, 0.15) is 6.61 Å². The van der Waals surface area contributed by atoms with E-state index in [0.717, 1.165) is 10.9 Å². The summed E-state index contributed by atoms with van der Waals surface area (Å²) in [6.07, 6.45) is 1.51. The molecule has 0 aliphatic rings. The van der Waals surface area contributed by atoms with Crippen molar-refractivity contribution >= 4 is 50.6 Å². The molecule has 1 N–H and O–H groups in total. The molecule has 4 rings (SSSR count). The van der Waals surface area contributed by atoms with Crippen molar-refractivity contribution in [1.29, 1.82) is 0 Å². The molecule has 0 radical (unpaired) electrons. The smallest absolute Gasteiger partial charge is 0.307 e. The number of nitrogens with zero attached hydrogens (tertiary/aromatic N) is 1. The van der Waals surface area contributed by atoms with E-state index in [4.69, 9.17) is 30.2 Å². The van der Waals surface area contributed by atoms with E-state index in [1.54, 1.807) is 25.3 Å². The molecule has 0 saturated carbocycles. The van der Waals surface area contributed by atoms with Gasteiger partial charge in [-0.1, -0.05) is 41.9 Å². The molecule has 0 aliphatic heterocycles. The summed E-state index contributed by atoms with van der Waals surface area (Å²) in [7, 11) is 1.54. The van der Waals surface area contributed by atoms with Crippen molar-refractivity contribution in [2.75, 3.05) is 13.7 Å². The number of furan rings is 1. The monoisotopic (exact) mass is 556 g/mol. The number of ether oxygens (including phenoxy) is 3.